The molecule has 1 saturated heterocycles. The number of ether oxygens (including phenoxy) is 1. The highest BCUT2D eigenvalue weighted by molar-refractivity contribution is 5.47. The Balaban J connectivity index is 1.31. The second-order valence-corrected chi connectivity index (χ2v) is 12.8. The topological polar surface area (TPSA) is 55.6 Å². The Kier molecular flexibility index (Phi) is 5.73. The average Bonchev–Trinajstić information content (AvgIpc) is 3.29. The molecule has 4 nitrogen and oxygen atoms in total. The molecule has 5 unspecified atom stereocenters. The molecule has 0 bridgehead atoms. The van der Waals surface area contributed by atoms with Crippen LogP contribution >= 0.6 is 0 Å². The predicted molar refractivity (Wildman–Crippen MR) is 124 cm³/mol. The van der Waals surface area contributed by atoms with E-state index in [1.807, 2.05) is 4.90 Å². The minimum atomic E-state index is 0.00471. The maximum atomic E-state index is 11.8. The third-order valence-corrected chi connectivity index (χ3v) is 11.4. The predicted octanol–water partition coefficient (Wildman–Crippen LogP) is 5.20. The molecule has 0 radical (unpaired) electrons. The van der Waals surface area contributed by atoms with Gasteiger partial charge in [0.2, 0.25) is 6.41 Å². The van der Waals surface area contributed by atoms with Crippen LogP contribution in [0.3, 0.4) is 0 Å². The van der Waals surface area contributed by atoms with Gasteiger partial charge in [0.05, 0.1) is 6.10 Å². The number of carbonyl (C=O) groups excluding carboxylic acids is 1. The minimum Gasteiger partial charge on any atom is -0.355 e. The Morgan fingerprint density at radius 2 is 1.81 bits per heavy atom. The fourth-order valence-electron chi connectivity index (χ4n) is 9.36. The van der Waals surface area contributed by atoms with E-state index >= 15 is 0 Å². The van der Waals surface area contributed by atoms with Gasteiger partial charge in [0.1, 0.15) is 6.23 Å². The van der Waals surface area contributed by atoms with Crippen molar-refractivity contribution >= 4 is 6.41 Å². The second-order valence-electron chi connectivity index (χ2n) is 12.8. The Bertz CT molecular complexity index is 684. The molecule has 4 aliphatic carbocycles. The molecule has 11 atom stereocenters. The van der Waals surface area contributed by atoms with E-state index in [-0.39, 0.29) is 6.23 Å². The molecule has 0 aromatic carbocycles. The summed E-state index contributed by atoms with van der Waals surface area (Å²) in [5.41, 5.74) is 7.30. The molecule has 5 aliphatic rings. The van der Waals surface area contributed by atoms with Crippen LogP contribution in [0.4, 0.5) is 0 Å². The SMILES string of the molecule is CC[C@H](C)CN(C=O)[C@@H]1CC2C(CC3[C@@H]4CCC5C[C@@H](N)CC[C@]5(C)C4CC[C@]23C)O1. The normalized spacial score (nSPS) is 51.9. The summed E-state index contributed by atoms with van der Waals surface area (Å²) < 4.78 is 6.64. The molecule has 5 fully saturated rings. The van der Waals surface area contributed by atoms with E-state index in [4.69, 9.17) is 10.5 Å². The molecular weight excluding hydrogens is 384 g/mol. The van der Waals surface area contributed by atoms with Crippen LogP contribution in [-0.4, -0.2) is 36.2 Å². The van der Waals surface area contributed by atoms with Gasteiger partial charge in [-0.2, -0.15) is 0 Å². The quantitative estimate of drug-likeness (QED) is 0.610. The lowest BCUT2D eigenvalue weighted by atomic mass is 9.44. The van der Waals surface area contributed by atoms with E-state index in [1.165, 1.54) is 51.4 Å². The summed E-state index contributed by atoms with van der Waals surface area (Å²) in [6.07, 6.45) is 14.2. The van der Waals surface area contributed by atoms with Crippen LogP contribution in [0.5, 0.6) is 0 Å². The first-order chi connectivity index (χ1) is 14.8. The third-order valence-electron chi connectivity index (χ3n) is 11.4. The summed E-state index contributed by atoms with van der Waals surface area (Å²) in [5, 5.41) is 0. The molecule has 31 heavy (non-hydrogen) atoms. The summed E-state index contributed by atoms with van der Waals surface area (Å²) in [6.45, 7) is 10.5. The molecular formula is C27H46N2O2. The molecule has 4 heteroatoms. The largest absolute Gasteiger partial charge is 0.355 e. The van der Waals surface area contributed by atoms with Gasteiger partial charge in [-0.25, -0.2) is 0 Å². The second kappa shape index (κ2) is 8.01. The van der Waals surface area contributed by atoms with Gasteiger partial charge in [0.25, 0.3) is 0 Å². The number of fused-ring (bicyclic) bond motifs is 7. The smallest absolute Gasteiger partial charge is 0.211 e. The summed E-state index contributed by atoms with van der Waals surface area (Å²) in [4.78, 5) is 13.8. The lowest BCUT2D eigenvalue weighted by Crippen LogP contribution is -2.54. The molecule has 0 aromatic heterocycles. The van der Waals surface area contributed by atoms with Crippen molar-refractivity contribution in [1.82, 2.24) is 4.90 Å². The van der Waals surface area contributed by atoms with Crippen LogP contribution < -0.4 is 5.73 Å². The first-order valence-corrected chi connectivity index (χ1v) is 13.4. The Labute approximate surface area is 190 Å². The molecule has 4 saturated carbocycles. The number of amides is 1. The number of hydrogen-bond donors (Lipinski definition) is 1. The van der Waals surface area contributed by atoms with E-state index < -0.39 is 0 Å². The summed E-state index contributed by atoms with van der Waals surface area (Å²) in [6, 6.07) is 0.441. The monoisotopic (exact) mass is 430 g/mol. The molecule has 0 aromatic rings. The lowest BCUT2D eigenvalue weighted by Gasteiger charge is -2.61. The summed E-state index contributed by atoms with van der Waals surface area (Å²) in [5.74, 6) is 4.60. The molecule has 2 N–H and O–H groups in total. The third kappa shape index (κ3) is 3.41. The van der Waals surface area contributed by atoms with Gasteiger partial charge in [-0.15, -0.1) is 0 Å². The fourth-order valence-corrected chi connectivity index (χ4v) is 9.36. The van der Waals surface area contributed by atoms with Crippen molar-refractivity contribution in [2.75, 3.05) is 6.54 Å². The standard InChI is InChI=1S/C27H46N2O2/c1-5-17(2)15-29(16-30)25-14-23-24(31-25)13-22-20-7-6-18-12-19(28)8-10-26(18,3)21(20)9-11-27(22,23)4/h16-25H,5-15,28H2,1-4H3/t17-,18?,19-,20+,21?,22?,23?,24?,25-,26-,27-/m0/s1. The van der Waals surface area contributed by atoms with Crippen molar-refractivity contribution in [3.63, 3.8) is 0 Å². The number of rotatable bonds is 5. The maximum Gasteiger partial charge on any atom is 0.211 e. The number of nitrogens with two attached hydrogens (primary N) is 1. The zero-order valence-corrected chi connectivity index (χ0v) is 20.4. The molecule has 5 rings (SSSR count). The molecule has 1 heterocycles. The molecule has 1 aliphatic heterocycles. The zero-order valence-electron chi connectivity index (χ0n) is 20.4. The van der Waals surface area contributed by atoms with Gasteiger partial charge in [0.15, 0.2) is 0 Å². The van der Waals surface area contributed by atoms with Gasteiger partial charge in [-0.3, -0.25) is 4.79 Å². The van der Waals surface area contributed by atoms with Gasteiger partial charge >= 0.3 is 0 Å². The van der Waals surface area contributed by atoms with Crippen molar-refractivity contribution in [2.24, 2.45) is 52.1 Å². The van der Waals surface area contributed by atoms with Crippen molar-refractivity contribution in [3.05, 3.63) is 0 Å². The minimum absolute atomic E-state index is 0.00471. The van der Waals surface area contributed by atoms with Crippen LogP contribution in [0.2, 0.25) is 0 Å². The highest BCUT2D eigenvalue weighted by Gasteiger charge is 2.64. The van der Waals surface area contributed by atoms with Gasteiger partial charge in [-0.1, -0.05) is 34.1 Å². The van der Waals surface area contributed by atoms with Gasteiger partial charge < -0.3 is 15.4 Å². The zero-order chi connectivity index (χ0) is 22.0. The van der Waals surface area contributed by atoms with Crippen LogP contribution in [-0.2, 0) is 9.53 Å². The van der Waals surface area contributed by atoms with E-state index in [9.17, 15) is 4.79 Å². The molecule has 1 amide bonds. The fraction of sp³-hybridized carbons (Fsp3) is 0.963. The van der Waals surface area contributed by atoms with Gasteiger partial charge in [-0.05, 0) is 104 Å². The average molecular weight is 431 g/mol. The van der Waals surface area contributed by atoms with Gasteiger partial charge in [0, 0.05) is 12.6 Å². The number of nitrogens with zero attached hydrogens (tertiary/aromatic N) is 1. The van der Waals surface area contributed by atoms with Crippen molar-refractivity contribution in [2.45, 2.75) is 110 Å². The molecule has 0 spiro atoms. The Morgan fingerprint density at radius 3 is 2.55 bits per heavy atom. The van der Waals surface area contributed by atoms with Crippen molar-refractivity contribution < 1.29 is 9.53 Å². The van der Waals surface area contributed by atoms with E-state index in [2.05, 4.69) is 27.7 Å². The highest BCUT2D eigenvalue weighted by atomic mass is 16.5. The van der Waals surface area contributed by atoms with Crippen LogP contribution in [0, 0.1) is 46.3 Å². The Hall–Kier alpha value is -0.610. The lowest BCUT2D eigenvalue weighted by molar-refractivity contribution is -0.135. The first-order valence-electron chi connectivity index (χ1n) is 13.4. The number of hydrogen-bond acceptors (Lipinski definition) is 3. The van der Waals surface area contributed by atoms with E-state index in [1.54, 1.807) is 0 Å². The van der Waals surface area contributed by atoms with Crippen molar-refractivity contribution in [3.8, 4) is 0 Å². The number of carbonyl (C=O) groups is 1. The highest BCUT2D eigenvalue weighted by Crippen LogP contribution is 2.69. The maximum absolute atomic E-state index is 11.8. The summed E-state index contributed by atoms with van der Waals surface area (Å²) in [7, 11) is 0. The summed E-state index contributed by atoms with van der Waals surface area (Å²) >= 11 is 0. The van der Waals surface area contributed by atoms with Crippen LogP contribution in [0.15, 0.2) is 0 Å². The van der Waals surface area contributed by atoms with E-state index in [0.717, 1.165) is 49.5 Å². The Morgan fingerprint density at radius 1 is 1.03 bits per heavy atom. The van der Waals surface area contributed by atoms with E-state index in [0.29, 0.717) is 34.8 Å². The van der Waals surface area contributed by atoms with Crippen LogP contribution in [0.25, 0.3) is 0 Å². The molecule has 176 valence electrons. The van der Waals surface area contributed by atoms with Crippen molar-refractivity contribution in [1.29, 1.82) is 0 Å². The van der Waals surface area contributed by atoms with Crippen LogP contribution in [0.1, 0.15) is 91.9 Å². The first kappa shape index (κ1) is 22.2.